The smallest absolute Gasteiger partial charge is 0.416 e. The number of hydrogen-bond donors (Lipinski definition) is 0. The molecule has 0 heterocycles. The molecular weight excluding hydrogens is 435 g/mol. The van der Waals surface area contributed by atoms with Gasteiger partial charge in [-0.1, -0.05) is 31.4 Å². The molecule has 2 aromatic rings. The number of hydrogen-bond acceptors (Lipinski definition) is 5. The molecule has 10 heteroatoms. The molecule has 0 bridgehead atoms. The largest absolute Gasteiger partial charge is 0.426 e. The molecule has 0 amide bonds. The minimum absolute atomic E-state index is 0.239. The highest BCUT2D eigenvalue weighted by Crippen LogP contribution is 2.35. The summed E-state index contributed by atoms with van der Waals surface area (Å²) >= 11 is 0. The number of rotatable bonds is 6. The van der Waals surface area contributed by atoms with Gasteiger partial charge in [0.2, 0.25) is 0 Å². The van der Waals surface area contributed by atoms with Gasteiger partial charge in [0, 0.05) is 6.07 Å². The molecule has 1 saturated carbocycles. The molecule has 166 valence electrons. The molecule has 0 aromatic heterocycles. The number of benzene rings is 2. The third-order valence-electron chi connectivity index (χ3n) is 5.17. The molecule has 0 radical (unpaired) electrons. The predicted molar refractivity (Wildman–Crippen MR) is 107 cm³/mol. The van der Waals surface area contributed by atoms with E-state index < -0.39 is 49.8 Å². The fourth-order valence-electron chi connectivity index (χ4n) is 3.62. The van der Waals surface area contributed by atoms with Crippen molar-refractivity contribution in [2.75, 3.05) is 5.75 Å². The van der Waals surface area contributed by atoms with E-state index in [4.69, 9.17) is 4.74 Å². The highest BCUT2D eigenvalue weighted by Gasteiger charge is 2.34. The first kappa shape index (κ1) is 22.9. The Hall–Kier alpha value is -2.75. The lowest BCUT2D eigenvalue weighted by atomic mass is 9.84. The van der Waals surface area contributed by atoms with E-state index >= 15 is 0 Å². The molecule has 0 aliphatic heterocycles. The highest BCUT2D eigenvalue weighted by molar-refractivity contribution is 7.85. The Kier molecular flexibility index (Phi) is 7.09. The van der Waals surface area contributed by atoms with Gasteiger partial charge in [0.15, 0.2) is 0 Å². The summed E-state index contributed by atoms with van der Waals surface area (Å²) in [6.07, 6.45) is 1.05. The zero-order chi connectivity index (χ0) is 22.6. The van der Waals surface area contributed by atoms with E-state index in [0.717, 1.165) is 24.5 Å². The normalized spacial score (nSPS) is 16.0. The Bertz CT molecular complexity index is 985. The Morgan fingerprint density at radius 3 is 2.32 bits per heavy atom. The van der Waals surface area contributed by atoms with E-state index in [0.29, 0.717) is 18.1 Å². The van der Waals surface area contributed by atoms with Crippen LogP contribution in [-0.4, -0.2) is 20.9 Å². The summed E-state index contributed by atoms with van der Waals surface area (Å²) in [5, 5.41) is 11.1. The number of alkyl halides is 3. The summed E-state index contributed by atoms with van der Waals surface area (Å²) in [6.45, 7) is 0. The third-order valence-corrected chi connectivity index (χ3v) is 6.50. The second-order valence-electron chi connectivity index (χ2n) is 7.31. The molecule has 1 fully saturated rings. The number of esters is 1. The number of nitro groups is 1. The maximum Gasteiger partial charge on any atom is 0.416 e. The van der Waals surface area contributed by atoms with Gasteiger partial charge in [-0.15, -0.1) is 0 Å². The zero-order valence-electron chi connectivity index (χ0n) is 16.4. The van der Waals surface area contributed by atoms with Crippen molar-refractivity contribution < 1.29 is 31.8 Å². The van der Waals surface area contributed by atoms with Crippen LogP contribution in [0.3, 0.4) is 0 Å². The first-order chi connectivity index (χ1) is 14.6. The predicted octanol–water partition coefficient (Wildman–Crippen LogP) is 5.37. The van der Waals surface area contributed by atoms with E-state index in [2.05, 4.69) is 0 Å². The van der Waals surface area contributed by atoms with Crippen LogP contribution in [0, 0.1) is 10.1 Å². The summed E-state index contributed by atoms with van der Waals surface area (Å²) in [6, 6.07) is 8.66. The van der Waals surface area contributed by atoms with Gasteiger partial charge in [-0.3, -0.25) is 19.1 Å². The Balaban J connectivity index is 1.66. The number of ether oxygens (including phenoxy) is 1. The molecule has 31 heavy (non-hydrogen) atoms. The number of nitrogens with zero attached hydrogens (tertiary/aromatic N) is 1. The standard InChI is InChI=1S/C21H20F3NO5S/c22-21(23,24)16-8-11-19(18(12-16)25(27)28)31(29)13-20(26)30-17-9-6-15(7-10-17)14-4-2-1-3-5-14/h6-12,14H,1-5,13H2. The fourth-order valence-corrected chi connectivity index (χ4v) is 4.63. The van der Waals surface area contributed by atoms with Crippen LogP contribution in [0.25, 0.3) is 0 Å². The van der Waals surface area contributed by atoms with Gasteiger partial charge in [-0.05, 0) is 48.6 Å². The molecule has 6 nitrogen and oxygen atoms in total. The minimum atomic E-state index is -4.78. The van der Waals surface area contributed by atoms with Crippen molar-refractivity contribution in [1.29, 1.82) is 0 Å². The Labute approximate surface area is 179 Å². The van der Waals surface area contributed by atoms with E-state index in [9.17, 15) is 32.3 Å². The molecule has 1 unspecified atom stereocenters. The molecular formula is C21H20F3NO5S. The van der Waals surface area contributed by atoms with Crippen LogP contribution in [0.15, 0.2) is 47.4 Å². The van der Waals surface area contributed by atoms with Crippen molar-refractivity contribution in [2.45, 2.75) is 49.1 Å². The topological polar surface area (TPSA) is 86.5 Å². The van der Waals surface area contributed by atoms with Crippen LogP contribution < -0.4 is 4.74 Å². The van der Waals surface area contributed by atoms with Gasteiger partial charge in [0.1, 0.15) is 16.4 Å². The van der Waals surface area contributed by atoms with Crippen molar-refractivity contribution >= 4 is 22.5 Å². The molecule has 1 aliphatic carbocycles. The van der Waals surface area contributed by atoms with Crippen LogP contribution >= 0.6 is 0 Å². The molecule has 0 spiro atoms. The van der Waals surface area contributed by atoms with E-state index in [1.807, 2.05) is 12.1 Å². The molecule has 0 saturated heterocycles. The maximum atomic E-state index is 12.8. The SMILES string of the molecule is O=C(CS(=O)c1ccc(C(F)(F)F)cc1[N+](=O)[O-])Oc1ccc(C2CCCCC2)cc1. The first-order valence-electron chi connectivity index (χ1n) is 9.70. The van der Waals surface area contributed by atoms with Gasteiger partial charge in [0.05, 0.1) is 21.3 Å². The third kappa shape index (κ3) is 5.90. The summed E-state index contributed by atoms with van der Waals surface area (Å²) < 4.78 is 55.9. The second-order valence-corrected chi connectivity index (χ2v) is 8.72. The van der Waals surface area contributed by atoms with Crippen LogP contribution in [-0.2, 0) is 21.8 Å². The number of carbonyl (C=O) groups excluding carboxylic acids is 1. The van der Waals surface area contributed by atoms with Crippen LogP contribution in [0.4, 0.5) is 18.9 Å². The monoisotopic (exact) mass is 455 g/mol. The van der Waals surface area contributed by atoms with E-state index in [1.165, 1.54) is 19.3 Å². The highest BCUT2D eigenvalue weighted by atomic mass is 32.2. The first-order valence-corrected chi connectivity index (χ1v) is 11.0. The lowest BCUT2D eigenvalue weighted by molar-refractivity contribution is -0.388. The van der Waals surface area contributed by atoms with Crippen LogP contribution in [0.5, 0.6) is 5.75 Å². The molecule has 0 N–H and O–H groups in total. The van der Waals surface area contributed by atoms with Crippen molar-refractivity contribution in [3.8, 4) is 5.75 Å². The Morgan fingerprint density at radius 1 is 1.10 bits per heavy atom. The summed E-state index contributed by atoms with van der Waals surface area (Å²) in [5.74, 6) is -0.913. The molecule has 1 atom stereocenters. The second kappa shape index (κ2) is 9.59. The molecule has 1 aliphatic rings. The van der Waals surface area contributed by atoms with Crippen molar-refractivity contribution in [2.24, 2.45) is 0 Å². The maximum absolute atomic E-state index is 12.8. The zero-order valence-corrected chi connectivity index (χ0v) is 17.2. The quantitative estimate of drug-likeness (QED) is 0.253. The lowest BCUT2D eigenvalue weighted by Gasteiger charge is -2.22. The van der Waals surface area contributed by atoms with Gasteiger partial charge in [-0.25, -0.2) is 0 Å². The van der Waals surface area contributed by atoms with E-state index in [-0.39, 0.29) is 5.75 Å². The average Bonchev–Trinajstić information content (AvgIpc) is 2.73. The summed E-state index contributed by atoms with van der Waals surface area (Å²) in [7, 11) is -2.25. The number of nitro benzene ring substituents is 1. The molecule has 3 rings (SSSR count). The van der Waals surface area contributed by atoms with Crippen LogP contribution in [0.2, 0.25) is 0 Å². The van der Waals surface area contributed by atoms with Crippen molar-refractivity contribution in [3.63, 3.8) is 0 Å². The van der Waals surface area contributed by atoms with E-state index in [1.54, 1.807) is 12.1 Å². The number of halogens is 3. The van der Waals surface area contributed by atoms with Crippen LogP contribution in [0.1, 0.15) is 49.1 Å². The summed E-state index contributed by atoms with van der Waals surface area (Å²) in [5.41, 5.74) is -1.04. The lowest BCUT2D eigenvalue weighted by Crippen LogP contribution is -2.18. The fraction of sp³-hybridized carbons (Fsp3) is 0.381. The number of carbonyl (C=O) groups is 1. The van der Waals surface area contributed by atoms with Gasteiger partial charge < -0.3 is 4.74 Å². The van der Waals surface area contributed by atoms with Gasteiger partial charge in [0.25, 0.3) is 5.69 Å². The summed E-state index contributed by atoms with van der Waals surface area (Å²) in [4.78, 5) is 21.7. The van der Waals surface area contributed by atoms with Gasteiger partial charge in [-0.2, -0.15) is 13.2 Å². The average molecular weight is 455 g/mol. The Morgan fingerprint density at radius 2 is 1.74 bits per heavy atom. The van der Waals surface area contributed by atoms with Gasteiger partial charge >= 0.3 is 12.1 Å². The van der Waals surface area contributed by atoms with Crippen molar-refractivity contribution in [3.05, 3.63) is 63.7 Å². The minimum Gasteiger partial charge on any atom is -0.426 e. The molecule has 2 aromatic carbocycles. The van der Waals surface area contributed by atoms with Crippen molar-refractivity contribution in [1.82, 2.24) is 0 Å².